The van der Waals surface area contributed by atoms with Crippen LogP contribution in [0.1, 0.15) is 23.8 Å². The summed E-state index contributed by atoms with van der Waals surface area (Å²) in [6.07, 6.45) is 0.637. The van der Waals surface area contributed by atoms with Crippen molar-refractivity contribution in [1.29, 1.82) is 0 Å². The summed E-state index contributed by atoms with van der Waals surface area (Å²) in [6, 6.07) is 3.15. The molecule has 2 heterocycles. The number of hydrogen-bond acceptors (Lipinski definition) is 6. The lowest BCUT2D eigenvalue weighted by Crippen LogP contribution is -2.25. The monoisotopic (exact) mass is 467 g/mol. The number of thiophene rings is 1. The molecule has 0 radical (unpaired) electrons. The molecule has 1 amide bonds. The van der Waals surface area contributed by atoms with Gasteiger partial charge in [-0.05, 0) is 44.9 Å². The quantitative estimate of drug-likeness (QED) is 0.285. The second-order valence-corrected chi connectivity index (χ2v) is 8.98. The number of aromatic nitrogens is 2. The molecular formula is C21H23F2N3O3S2. The van der Waals surface area contributed by atoms with Crippen LogP contribution < -0.4 is 10.9 Å². The van der Waals surface area contributed by atoms with Crippen LogP contribution in [-0.4, -0.2) is 34.4 Å². The van der Waals surface area contributed by atoms with Crippen LogP contribution in [-0.2, 0) is 16.1 Å². The molecule has 0 spiro atoms. The second kappa shape index (κ2) is 10.3. The predicted octanol–water partition coefficient (Wildman–Crippen LogP) is 4.51. The fraction of sp³-hybridized carbons (Fsp3) is 0.381. The van der Waals surface area contributed by atoms with Crippen molar-refractivity contribution >= 4 is 44.9 Å². The van der Waals surface area contributed by atoms with Crippen molar-refractivity contribution in [2.75, 3.05) is 24.3 Å². The van der Waals surface area contributed by atoms with E-state index in [1.54, 1.807) is 4.57 Å². The SMILES string of the molecule is CCOCCCn1c(SCC(=O)Nc2ccc(F)c(F)c2)nc2sc(C)c(C)c2c1=O. The van der Waals surface area contributed by atoms with Crippen LogP contribution in [0, 0.1) is 25.5 Å². The van der Waals surface area contributed by atoms with Gasteiger partial charge in [0.25, 0.3) is 5.56 Å². The molecule has 0 aliphatic heterocycles. The number of fused-ring (bicyclic) bond motifs is 1. The van der Waals surface area contributed by atoms with E-state index in [-0.39, 0.29) is 17.0 Å². The third-order valence-electron chi connectivity index (χ3n) is 4.66. The molecular weight excluding hydrogens is 444 g/mol. The molecule has 3 rings (SSSR count). The maximum Gasteiger partial charge on any atom is 0.263 e. The van der Waals surface area contributed by atoms with E-state index in [0.29, 0.717) is 41.6 Å². The highest BCUT2D eigenvalue weighted by Crippen LogP contribution is 2.28. The number of nitrogens with one attached hydrogen (secondary N) is 1. The number of halogens is 2. The van der Waals surface area contributed by atoms with Gasteiger partial charge in [-0.3, -0.25) is 14.2 Å². The molecule has 1 N–H and O–H groups in total. The molecule has 0 saturated carbocycles. The van der Waals surface area contributed by atoms with E-state index in [4.69, 9.17) is 4.74 Å². The van der Waals surface area contributed by atoms with E-state index in [1.807, 2.05) is 20.8 Å². The summed E-state index contributed by atoms with van der Waals surface area (Å²) in [5, 5.41) is 3.57. The topological polar surface area (TPSA) is 73.2 Å². The van der Waals surface area contributed by atoms with Crippen molar-refractivity contribution in [3.8, 4) is 0 Å². The minimum atomic E-state index is -1.04. The molecule has 0 aliphatic rings. The number of carbonyl (C=O) groups excluding carboxylic acids is 1. The van der Waals surface area contributed by atoms with Crippen molar-refractivity contribution < 1.29 is 18.3 Å². The fourth-order valence-corrected chi connectivity index (χ4v) is 4.88. The van der Waals surface area contributed by atoms with Crippen molar-refractivity contribution in [3.63, 3.8) is 0 Å². The number of benzene rings is 1. The fourth-order valence-electron chi connectivity index (χ4n) is 2.99. The first kappa shape index (κ1) is 23.4. The number of rotatable bonds is 9. The first-order chi connectivity index (χ1) is 14.8. The molecule has 0 saturated heterocycles. The number of thioether (sulfide) groups is 1. The van der Waals surface area contributed by atoms with Crippen LogP contribution in [0.5, 0.6) is 0 Å². The number of carbonyl (C=O) groups is 1. The van der Waals surface area contributed by atoms with Crippen molar-refractivity contribution in [2.24, 2.45) is 0 Å². The molecule has 31 heavy (non-hydrogen) atoms. The highest BCUT2D eigenvalue weighted by Gasteiger charge is 2.18. The van der Waals surface area contributed by atoms with Gasteiger partial charge in [0.15, 0.2) is 16.8 Å². The Morgan fingerprint density at radius 3 is 2.77 bits per heavy atom. The van der Waals surface area contributed by atoms with E-state index in [9.17, 15) is 18.4 Å². The molecule has 0 atom stereocenters. The third kappa shape index (κ3) is 5.50. The Morgan fingerprint density at radius 2 is 2.06 bits per heavy atom. The first-order valence-corrected chi connectivity index (χ1v) is 11.6. The molecule has 0 aliphatic carbocycles. The number of anilines is 1. The van der Waals surface area contributed by atoms with Crippen LogP contribution in [0.3, 0.4) is 0 Å². The van der Waals surface area contributed by atoms with E-state index in [1.165, 1.54) is 17.4 Å². The maximum absolute atomic E-state index is 13.3. The van der Waals surface area contributed by atoms with Gasteiger partial charge >= 0.3 is 0 Å². The van der Waals surface area contributed by atoms with Crippen LogP contribution in [0.25, 0.3) is 10.2 Å². The Labute approximate surface area is 186 Å². The number of aryl methyl sites for hydroxylation is 2. The number of hydrogen-bond donors (Lipinski definition) is 1. The van der Waals surface area contributed by atoms with Crippen molar-refractivity contribution in [3.05, 3.63) is 50.6 Å². The van der Waals surface area contributed by atoms with Crippen LogP contribution >= 0.6 is 23.1 Å². The number of amides is 1. The van der Waals surface area contributed by atoms with Gasteiger partial charge in [-0.2, -0.15) is 0 Å². The van der Waals surface area contributed by atoms with Gasteiger partial charge in [-0.25, -0.2) is 13.8 Å². The molecule has 1 aromatic carbocycles. The van der Waals surface area contributed by atoms with Gasteiger partial charge in [-0.1, -0.05) is 11.8 Å². The summed E-state index contributed by atoms with van der Waals surface area (Å²) in [5.41, 5.74) is 0.946. The molecule has 0 fully saturated rings. The highest BCUT2D eigenvalue weighted by atomic mass is 32.2. The van der Waals surface area contributed by atoms with Crippen LogP contribution in [0.2, 0.25) is 0 Å². The molecule has 0 unspecified atom stereocenters. The number of nitrogens with zero attached hydrogens (tertiary/aromatic N) is 2. The standard InChI is InChI=1S/C21H23F2N3O3S2/c1-4-29-9-5-8-26-20(28)18-12(2)13(3)31-19(18)25-21(26)30-11-17(27)24-14-6-7-15(22)16(23)10-14/h6-7,10H,4-5,8-9,11H2,1-3H3,(H,24,27). The molecule has 166 valence electrons. The lowest BCUT2D eigenvalue weighted by molar-refractivity contribution is -0.113. The summed E-state index contributed by atoms with van der Waals surface area (Å²) in [4.78, 5) is 31.8. The Bertz CT molecular complexity index is 1160. The molecule has 2 aromatic heterocycles. The molecule has 6 nitrogen and oxygen atoms in total. The Balaban J connectivity index is 1.81. The van der Waals surface area contributed by atoms with Crippen molar-refractivity contribution in [1.82, 2.24) is 9.55 Å². The zero-order valence-electron chi connectivity index (χ0n) is 17.5. The summed E-state index contributed by atoms with van der Waals surface area (Å²) >= 11 is 2.57. The van der Waals surface area contributed by atoms with E-state index in [2.05, 4.69) is 10.3 Å². The molecule has 3 aromatic rings. The van der Waals surface area contributed by atoms with Crippen LogP contribution in [0.15, 0.2) is 28.2 Å². The van der Waals surface area contributed by atoms with E-state index >= 15 is 0 Å². The minimum Gasteiger partial charge on any atom is -0.382 e. The summed E-state index contributed by atoms with van der Waals surface area (Å²) in [6.45, 7) is 7.30. The van der Waals surface area contributed by atoms with E-state index in [0.717, 1.165) is 34.3 Å². The van der Waals surface area contributed by atoms with Gasteiger partial charge in [0, 0.05) is 36.4 Å². The maximum atomic E-state index is 13.3. The summed E-state index contributed by atoms with van der Waals surface area (Å²) in [7, 11) is 0. The normalized spacial score (nSPS) is 11.3. The van der Waals surface area contributed by atoms with Gasteiger partial charge in [0.2, 0.25) is 5.91 Å². The average Bonchev–Trinajstić information content (AvgIpc) is 3.01. The number of ether oxygens (including phenoxy) is 1. The smallest absolute Gasteiger partial charge is 0.263 e. The third-order valence-corrected chi connectivity index (χ3v) is 6.74. The zero-order valence-corrected chi connectivity index (χ0v) is 19.1. The highest BCUT2D eigenvalue weighted by molar-refractivity contribution is 7.99. The zero-order chi connectivity index (χ0) is 22.5. The largest absolute Gasteiger partial charge is 0.382 e. The van der Waals surface area contributed by atoms with Gasteiger partial charge in [0.1, 0.15) is 4.83 Å². The Kier molecular flexibility index (Phi) is 7.79. The van der Waals surface area contributed by atoms with Gasteiger partial charge in [-0.15, -0.1) is 11.3 Å². The van der Waals surface area contributed by atoms with Crippen molar-refractivity contribution in [2.45, 2.75) is 38.9 Å². The first-order valence-electron chi connectivity index (χ1n) is 9.77. The summed E-state index contributed by atoms with van der Waals surface area (Å²) in [5.74, 6) is -2.47. The Morgan fingerprint density at radius 1 is 1.29 bits per heavy atom. The average molecular weight is 468 g/mol. The lowest BCUT2D eigenvalue weighted by atomic mass is 10.2. The minimum absolute atomic E-state index is 0.0360. The van der Waals surface area contributed by atoms with Crippen LogP contribution in [0.4, 0.5) is 14.5 Å². The second-order valence-electron chi connectivity index (χ2n) is 6.83. The van der Waals surface area contributed by atoms with Gasteiger partial charge < -0.3 is 10.1 Å². The summed E-state index contributed by atoms with van der Waals surface area (Å²) < 4.78 is 33.4. The molecule has 0 bridgehead atoms. The molecule has 10 heteroatoms. The van der Waals surface area contributed by atoms with Gasteiger partial charge in [0.05, 0.1) is 11.1 Å². The van der Waals surface area contributed by atoms with E-state index < -0.39 is 17.5 Å². The predicted molar refractivity (Wildman–Crippen MR) is 120 cm³/mol. The lowest BCUT2D eigenvalue weighted by Gasteiger charge is -2.12. The Hall–Kier alpha value is -2.30.